The maximum absolute atomic E-state index is 11.9. The predicted molar refractivity (Wildman–Crippen MR) is 67.3 cm³/mol. The van der Waals surface area contributed by atoms with Crippen molar-refractivity contribution in [1.82, 2.24) is 4.98 Å². The Hall–Kier alpha value is -0.940. The van der Waals surface area contributed by atoms with Crippen LogP contribution in [0.4, 0.5) is 0 Å². The molecule has 17 heavy (non-hydrogen) atoms. The normalized spacial score (nSPS) is 25.4. The lowest BCUT2D eigenvalue weighted by Gasteiger charge is -2.27. The van der Waals surface area contributed by atoms with Gasteiger partial charge in [0, 0.05) is 18.4 Å². The van der Waals surface area contributed by atoms with Crippen molar-refractivity contribution in [2.24, 2.45) is 5.73 Å². The monoisotopic (exact) mass is 254 g/mol. The fourth-order valence-electron chi connectivity index (χ4n) is 2.38. The summed E-state index contributed by atoms with van der Waals surface area (Å²) in [5, 5.41) is -0.371. The molecule has 1 aliphatic rings. The number of pyridine rings is 1. The Bertz CT molecular complexity index is 459. The molecule has 0 radical (unpaired) electrons. The van der Waals surface area contributed by atoms with E-state index >= 15 is 0 Å². The molecule has 1 aromatic rings. The zero-order valence-corrected chi connectivity index (χ0v) is 10.6. The summed E-state index contributed by atoms with van der Waals surface area (Å²) in [5.41, 5.74) is 7.11. The molecule has 0 saturated carbocycles. The van der Waals surface area contributed by atoms with Crippen LogP contribution in [-0.4, -0.2) is 30.4 Å². The molecule has 1 fully saturated rings. The zero-order valence-electron chi connectivity index (χ0n) is 9.75. The lowest BCUT2D eigenvalue weighted by Crippen LogP contribution is -2.44. The van der Waals surface area contributed by atoms with Crippen LogP contribution in [0.3, 0.4) is 0 Å². The van der Waals surface area contributed by atoms with Crippen molar-refractivity contribution in [3.05, 3.63) is 30.1 Å². The Balaban J connectivity index is 2.07. The highest BCUT2D eigenvalue weighted by Crippen LogP contribution is 2.23. The maximum atomic E-state index is 11.9. The highest BCUT2D eigenvalue weighted by molar-refractivity contribution is 7.92. The molecular formula is C12H18N2O2S. The van der Waals surface area contributed by atoms with Crippen molar-refractivity contribution in [3.63, 3.8) is 0 Å². The second kappa shape index (κ2) is 5.14. The molecule has 1 saturated heterocycles. The molecule has 0 amide bonds. The minimum absolute atomic E-state index is 0.293. The summed E-state index contributed by atoms with van der Waals surface area (Å²) in [6.45, 7) is 0. The first kappa shape index (κ1) is 12.5. The van der Waals surface area contributed by atoms with Gasteiger partial charge >= 0.3 is 0 Å². The third-order valence-corrected chi connectivity index (χ3v) is 5.69. The van der Waals surface area contributed by atoms with Crippen LogP contribution in [0.1, 0.15) is 24.8 Å². The molecule has 2 heterocycles. The van der Waals surface area contributed by atoms with Gasteiger partial charge in [0.05, 0.1) is 11.0 Å². The summed E-state index contributed by atoms with van der Waals surface area (Å²) >= 11 is 0. The molecule has 0 aromatic carbocycles. The topological polar surface area (TPSA) is 73.0 Å². The summed E-state index contributed by atoms with van der Waals surface area (Å²) in [6.07, 6.45) is 6.46. The highest BCUT2D eigenvalue weighted by atomic mass is 32.2. The SMILES string of the molecule is NC(Cc1ccncc1)C1CCCCS1(=O)=O. The average molecular weight is 254 g/mol. The minimum atomic E-state index is -2.98. The molecule has 1 aromatic heterocycles. The first-order chi connectivity index (χ1) is 8.09. The van der Waals surface area contributed by atoms with Gasteiger partial charge in [-0.2, -0.15) is 0 Å². The van der Waals surface area contributed by atoms with E-state index in [0.717, 1.165) is 18.4 Å². The van der Waals surface area contributed by atoms with Crippen molar-refractivity contribution < 1.29 is 8.42 Å². The van der Waals surface area contributed by atoms with Crippen LogP contribution in [-0.2, 0) is 16.3 Å². The largest absolute Gasteiger partial charge is 0.326 e. The maximum Gasteiger partial charge on any atom is 0.154 e. The van der Waals surface area contributed by atoms with Gasteiger partial charge in [0.25, 0.3) is 0 Å². The van der Waals surface area contributed by atoms with E-state index < -0.39 is 9.84 Å². The number of hydrogen-bond donors (Lipinski definition) is 1. The average Bonchev–Trinajstić information content (AvgIpc) is 2.29. The van der Waals surface area contributed by atoms with Crippen molar-refractivity contribution in [3.8, 4) is 0 Å². The molecule has 2 atom stereocenters. The van der Waals surface area contributed by atoms with E-state index in [1.54, 1.807) is 12.4 Å². The second-order valence-corrected chi connectivity index (χ2v) is 6.96. The van der Waals surface area contributed by atoms with Gasteiger partial charge in [-0.05, 0) is 37.0 Å². The van der Waals surface area contributed by atoms with Crippen molar-refractivity contribution in [1.29, 1.82) is 0 Å². The lowest BCUT2D eigenvalue weighted by molar-refractivity contribution is 0.495. The van der Waals surface area contributed by atoms with Gasteiger partial charge in [0.15, 0.2) is 9.84 Å². The summed E-state index contributed by atoms with van der Waals surface area (Å²) in [7, 11) is -2.98. The third-order valence-electron chi connectivity index (χ3n) is 3.33. The van der Waals surface area contributed by atoms with Gasteiger partial charge in [0.2, 0.25) is 0 Å². The molecule has 5 heteroatoms. The van der Waals surface area contributed by atoms with E-state index in [0.29, 0.717) is 18.6 Å². The molecule has 0 bridgehead atoms. The Morgan fingerprint density at radius 2 is 2.06 bits per heavy atom. The standard InChI is InChI=1S/C12H18N2O2S/c13-11(9-10-4-6-14-7-5-10)12-3-1-2-8-17(12,15)16/h4-7,11-12H,1-3,8-9,13H2. The van der Waals surface area contributed by atoms with Crippen molar-refractivity contribution in [2.45, 2.75) is 37.0 Å². The molecule has 2 N–H and O–H groups in total. The van der Waals surface area contributed by atoms with Crippen molar-refractivity contribution >= 4 is 9.84 Å². The number of hydrogen-bond acceptors (Lipinski definition) is 4. The van der Waals surface area contributed by atoms with E-state index in [2.05, 4.69) is 4.98 Å². The third kappa shape index (κ3) is 3.04. The smallest absolute Gasteiger partial charge is 0.154 e. The molecule has 1 aliphatic heterocycles. The summed E-state index contributed by atoms with van der Waals surface area (Å²) in [6, 6.07) is 3.47. The lowest BCUT2D eigenvalue weighted by atomic mass is 10.0. The van der Waals surface area contributed by atoms with Gasteiger partial charge in [-0.3, -0.25) is 4.98 Å². The predicted octanol–water partition coefficient (Wildman–Crippen LogP) is 0.919. The molecule has 0 spiro atoms. The fraction of sp³-hybridized carbons (Fsp3) is 0.583. The molecule has 2 rings (SSSR count). The number of aromatic nitrogens is 1. The number of nitrogens with zero attached hydrogens (tertiary/aromatic N) is 1. The molecule has 94 valence electrons. The number of rotatable bonds is 3. The van der Waals surface area contributed by atoms with E-state index in [9.17, 15) is 8.42 Å². The van der Waals surface area contributed by atoms with E-state index in [4.69, 9.17) is 5.73 Å². The quantitative estimate of drug-likeness (QED) is 0.870. The Morgan fingerprint density at radius 1 is 1.35 bits per heavy atom. The highest BCUT2D eigenvalue weighted by Gasteiger charge is 2.33. The van der Waals surface area contributed by atoms with Gasteiger partial charge in [-0.1, -0.05) is 6.42 Å². The minimum Gasteiger partial charge on any atom is -0.326 e. The van der Waals surface area contributed by atoms with Crippen LogP contribution in [0.2, 0.25) is 0 Å². The zero-order chi connectivity index (χ0) is 12.3. The first-order valence-corrected chi connectivity index (χ1v) is 7.67. The Kier molecular flexibility index (Phi) is 3.79. The van der Waals surface area contributed by atoms with Gasteiger partial charge in [0.1, 0.15) is 0 Å². The number of sulfone groups is 1. The van der Waals surface area contributed by atoms with Crippen LogP contribution in [0.25, 0.3) is 0 Å². The van der Waals surface area contributed by atoms with Crippen LogP contribution in [0.15, 0.2) is 24.5 Å². The van der Waals surface area contributed by atoms with E-state index in [1.165, 1.54) is 0 Å². The first-order valence-electron chi connectivity index (χ1n) is 5.95. The van der Waals surface area contributed by atoms with Crippen molar-refractivity contribution in [2.75, 3.05) is 5.75 Å². The summed E-state index contributed by atoms with van der Waals surface area (Å²) in [4.78, 5) is 3.93. The fourth-order valence-corrected chi connectivity index (χ4v) is 4.45. The molecule has 4 nitrogen and oxygen atoms in total. The molecule has 0 aliphatic carbocycles. The Morgan fingerprint density at radius 3 is 2.71 bits per heavy atom. The van der Waals surface area contributed by atoms with Crippen LogP contribution >= 0.6 is 0 Å². The Labute approximate surface area is 102 Å². The molecule has 2 unspecified atom stereocenters. The van der Waals surface area contributed by atoms with Crippen LogP contribution in [0.5, 0.6) is 0 Å². The molecular weight excluding hydrogens is 236 g/mol. The number of nitrogens with two attached hydrogens (primary N) is 1. The van der Waals surface area contributed by atoms with Crippen LogP contribution < -0.4 is 5.73 Å². The summed E-state index contributed by atoms with van der Waals surface area (Å²) < 4.78 is 23.8. The van der Waals surface area contributed by atoms with Gasteiger partial charge < -0.3 is 5.73 Å². The second-order valence-electron chi connectivity index (χ2n) is 4.62. The van der Waals surface area contributed by atoms with Crippen LogP contribution in [0, 0.1) is 0 Å². The van der Waals surface area contributed by atoms with Gasteiger partial charge in [-0.15, -0.1) is 0 Å². The summed E-state index contributed by atoms with van der Waals surface area (Å²) in [5.74, 6) is 0.293. The van der Waals surface area contributed by atoms with E-state index in [1.807, 2.05) is 12.1 Å². The van der Waals surface area contributed by atoms with Gasteiger partial charge in [-0.25, -0.2) is 8.42 Å². The van der Waals surface area contributed by atoms with E-state index in [-0.39, 0.29) is 11.3 Å².